The zero-order valence-corrected chi connectivity index (χ0v) is 11.7. The van der Waals surface area contributed by atoms with Crippen LogP contribution < -0.4 is 0 Å². The topological polar surface area (TPSA) is 0 Å². The van der Waals surface area contributed by atoms with Gasteiger partial charge in [0.05, 0.1) is 0 Å². The Bertz CT molecular complexity index is 192. The lowest BCUT2D eigenvalue weighted by Gasteiger charge is -2.47. The molecule has 0 aliphatic heterocycles. The molecule has 1 rings (SSSR count). The summed E-state index contributed by atoms with van der Waals surface area (Å²) in [5, 5.41) is 0. The van der Waals surface area contributed by atoms with Gasteiger partial charge in [-0.3, -0.25) is 0 Å². The molecular weight excluding hydrogens is 180 g/mol. The van der Waals surface area contributed by atoms with E-state index in [0.29, 0.717) is 0 Å². The Morgan fingerprint density at radius 1 is 0.800 bits per heavy atom. The van der Waals surface area contributed by atoms with Crippen molar-refractivity contribution >= 4 is 0 Å². The predicted octanol–water partition coefficient (Wildman–Crippen LogP) is 4.84. The van der Waals surface area contributed by atoms with Crippen molar-refractivity contribution < 1.29 is 0 Å². The molecule has 1 fully saturated rings. The first-order valence-corrected chi connectivity index (χ1v) is 6.86. The average Bonchev–Trinajstić information content (AvgIpc) is 2.10. The lowest BCUT2D eigenvalue weighted by atomic mass is 9.58. The maximum absolute atomic E-state index is 2.49. The quantitative estimate of drug-likeness (QED) is 0.611. The lowest BCUT2D eigenvalue weighted by Crippen LogP contribution is -2.40. The van der Waals surface area contributed by atoms with Crippen molar-refractivity contribution in [2.45, 2.75) is 54.9 Å². The summed E-state index contributed by atoms with van der Waals surface area (Å²) in [5.74, 6) is 6.34. The third-order valence-corrected chi connectivity index (χ3v) is 5.04. The van der Waals surface area contributed by atoms with Gasteiger partial charge in [-0.2, -0.15) is 0 Å². The molecule has 1 aliphatic rings. The molecule has 0 nitrogen and oxygen atoms in total. The fourth-order valence-electron chi connectivity index (χ4n) is 4.20. The van der Waals surface area contributed by atoms with Gasteiger partial charge in [-0.1, -0.05) is 48.5 Å². The van der Waals surface area contributed by atoms with Crippen LogP contribution in [0, 0.1) is 41.4 Å². The molecule has 0 N–H and O–H groups in total. The van der Waals surface area contributed by atoms with Crippen LogP contribution in [0.1, 0.15) is 54.9 Å². The molecule has 0 radical (unpaired) electrons. The maximum Gasteiger partial charge on any atom is -0.0337 e. The molecule has 0 spiro atoms. The second kappa shape index (κ2) is 4.89. The molecule has 0 aromatic heterocycles. The summed E-state index contributed by atoms with van der Waals surface area (Å²) in [7, 11) is 0. The largest absolute Gasteiger partial charge is 0.0625 e. The smallest absolute Gasteiger partial charge is 0.0337 e. The second-order valence-corrected chi connectivity index (χ2v) is 6.66. The highest BCUT2D eigenvalue weighted by molar-refractivity contribution is 4.89. The van der Waals surface area contributed by atoms with Gasteiger partial charge in [0, 0.05) is 0 Å². The first kappa shape index (κ1) is 13.1. The third-order valence-electron chi connectivity index (χ3n) is 5.04. The van der Waals surface area contributed by atoms with Gasteiger partial charge in [0.1, 0.15) is 0 Å². The molecule has 5 atom stereocenters. The molecule has 0 saturated heterocycles. The third kappa shape index (κ3) is 2.57. The van der Waals surface area contributed by atoms with Crippen molar-refractivity contribution in [2.24, 2.45) is 41.4 Å². The Kier molecular flexibility index (Phi) is 4.26. The van der Waals surface area contributed by atoms with Crippen molar-refractivity contribution in [1.29, 1.82) is 0 Å². The highest BCUT2D eigenvalue weighted by Crippen LogP contribution is 2.47. The van der Waals surface area contributed by atoms with E-state index in [1.807, 2.05) is 0 Å². The van der Waals surface area contributed by atoms with Crippen molar-refractivity contribution in [1.82, 2.24) is 0 Å². The first-order valence-electron chi connectivity index (χ1n) is 6.86. The van der Waals surface area contributed by atoms with Crippen LogP contribution in [0.2, 0.25) is 0 Å². The first-order chi connectivity index (χ1) is 6.86. The zero-order chi connectivity index (χ0) is 11.7. The van der Waals surface area contributed by atoms with Crippen LogP contribution in [0.25, 0.3) is 0 Å². The molecule has 0 heterocycles. The summed E-state index contributed by atoms with van der Waals surface area (Å²) in [6, 6.07) is 0. The fourth-order valence-corrected chi connectivity index (χ4v) is 4.20. The van der Waals surface area contributed by atoms with E-state index < -0.39 is 0 Å². The van der Waals surface area contributed by atoms with Gasteiger partial charge in [-0.25, -0.2) is 0 Å². The van der Waals surface area contributed by atoms with Crippen LogP contribution in [-0.2, 0) is 0 Å². The van der Waals surface area contributed by atoms with Gasteiger partial charge >= 0.3 is 0 Å². The summed E-state index contributed by atoms with van der Waals surface area (Å²) >= 11 is 0. The van der Waals surface area contributed by atoms with E-state index >= 15 is 0 Å². The SMILES string of the molecule is CC(C)C1CC(C)C(C(C)C)C(C)C1C. The molecular formula is C15H30. The van der Waals surface area contributed by atoms with Crippen molar-refractivity contribution in [3.05, 3.63) is 0 Å². The van der Waals surface area contributed by atoms with E-state index in [9.17, 15) is 0 Å². The number of hydrogen-bond acceptors (Lipinski definition) is 0. The minimum Gasteiger partial charge on any atom is -0.0625 e. The van der Waals surface area contributed by atoms with Crippen molar-refractivity contribution in [2.75, 3.05) is 0 Å². The Hall–Kier alpha value is 0. The van der Waals surface area contributed by atoms with Crippen LogP contribution in [0.3, 0.4) is 0 Å². The van der Waals surface area contributed by atoms with Gasteiger partial charge in [0.2, 0.25) is 0 Å². The Labute approximate surface area is 96.8 Å². The molecule has 0 aromatic carbocycles. The van der Waals surface area contributed by atoms with E-state index in [1.54, 1.807) is 0 Å². The number of hydrogen-bond donors (Lipinski definition) is 0. The van der Waals surface area contributed by atoms with Crippen molar-refractivity contribution in [3.63, 3.8) is 0 Å². The fraction of sp³-hybridized carbons (Fsp3) is 1.00. The van der Waals surface area contributed by atoms with Gasteiger partial charge in [0.25, 0.3) is 0 Å². The molecule has 1 aliphatic carbocycles. The molecule has 0 heteroatoms. The van der Waals surface area contributed by atoms with Gasteiger partial charge < -0.3 is 0 Å². The normalized spacial score (nSPS) is 42.6. The lowest BCUT2D eigenvalue weighted by molar-refractivity contribution is 0.0169. The van der Waals surface area contributed by atoms with E-state index in [1.165, 1.54) is 6.42 Å². The Balaban J connectivity index is 2.79. The standard InChI is InChI=1S/C15H30/c1-9(2)14-8-11(5)15(10(3)4)13(7)12(14)6/h9-15H,8H2,1-7H3. The van der Waals surface area contributed by atoms with Crippen LogP contribution in [-0.4, -0.2) is 0 Å². The summed E-state index contributed by atoms with van der Waals surface area (Å²) in [5.41, 5.74) is 0. The summed E-state index contributed by atoms with van der Waals surface area (Å²) in [6.45, 7) is 17.0. The van der Waals surface area contributed by atoms with Crippen LogP contribution in [0.5, 0.6) is 0 Å². The minimum absolute atomic E-state index is 0.852. The Morgan fingerprint density at radius 2 is 1.33 bits per heavy atom. The highest BCUT2D eigenvalue weighted by Gasteiger charge is 2.40. The summed E-state index contributed by atoms with van der Waals surface area (Å²) < 4.78 is 0. The number of rotatable bonds is 2. The average molecular weight is 210 g/mol. The molecule has 90 valence electrons. The summed E-state index contributed by atoms with van der Waals surface area (Å²) in [4.78, 5) is 0. The van der Waals surface area contributed by atoms with Gasteiger partial charge in [-0.05, 0) is 47.8 Å². The molecule has 5 unspecified atom stereocenters. The minimum atomic E-state index is 0.852. The van der Waals surface area contributed by atoms with E-state index in [0.717, 1.165) is 41.4 Å². The van der Waals surface area contributed by atoms with Crippen LogP contribution >= 0.6 is 0 Å². The zero-order valence-electron chi connectivity index (χ0n) is 11.7. The molecule has 0 bridgehead atoms. The van der Waals surface area contributed by atoms with E-state index in [-0.39, 0.29) is 0 Å². The maximum atomic E-state index is 2.49. The van der Waals surface area contributed by atoms with Crippen LogP contribution in [0.15, 0.2) is 0 Å². The van der Waals surface area contributed by atoms with E-state index in [4.69, 9.17) is 0 Å². The summed E-state index contributed by atoms with van der Waals surface area (Å²) in [6.07, 6.45) is 1.45. The van der Waals surface area contributed by atoms with Gasteiger partial charge in [-0.15, -0.1) is 0 Å². The highest BCUT2D eigenvalue weighted by atomic mass is 14.5. The predicted molar refractivity (Wildman–Crippen MR) is 68.8 cm³/mol. The van der Waals surface area contributed by atoms with Crippen LogP contribution in [0.4, 0.5) is 0 Å². The van der Waals surface area contributed by atoms with Gasteiger partial charge in [0.15, 0.2) is 0 Å². The molecule has 0 amide bonds. The monoisotopic (exact) mass is 210 g/mol. The molecule has 0 aromatic rings. The Morgan fingerprint density at radius 3 is 1.73 bits per heavy atom. The van der Waals surface area contributed by atoms with Crippen molar-refractivity contribution in [3.8, 4) is 0 Å². The second-order valence-electron chi connectivity index (χ2n) is 6.66. The molecule has 1 saturated carbocycles. The van der Waals surface area contributed by atoms with E-state index in [2.05, 4.69) is 48.5 Å². The molecule has 15 heavy (non-hydrogen) atoms.